The van der Waals surface area contributed by atoms with E-state index in [9.17, 15) is 0 Å². The summed E-state index contributed by atoms with van der Waals surface area (Å²) in [5.74, 6) is 1.77. The van der Waals surface area contributed by atoms with Crippen molar-refractivity contribution in [3.05, 3.63) is 34.9 Å². The molecule has 1 atom stereocenters. The van der Waals surface area contributed by atoms with Gasteiger partial charge >= 0.3 is 0 Å². The Morgan fingerprint density at radius 1 is 0.882 bits per heavy atom. The van der Waals surface area contributed by atoms with Crippen LogP contribution in [-0.4, -0.2) is 0 Å². The first kappa shape index (κ1) is 14.2. The van der Waals surface area contributed by atoms with E-state index in [0.29, 0.717) is 17.8 Å². The van der Waals surface area contributed by atoms with E-state index in [1.165, 1.54) is 16.7 Å². The molecule has 0 aliphatic heterocycles. The van der Waals surface area contributed by atoms with Crippen molar-refractivity contribution in [2.24, 2.45) is 23.5 Å². The molecule has 1 aromatic carbocycles. The Balaban J connectivity index is 3.01. The largest absolute Gasteiger partial charge is 0.324 e. The van der Waals surface area contributed by atoms with Gasteiger partial charge in [-0.15, -0.1) is 0 Å². The molecule has 1 nitrogen and oxygen atoms in total. The van der Waals surface area contributed by atoms with Crippen LogP contribution in [0.5, 0.6) is 0 Å². The van der Waals surface area contributed by atoms with Crippen LogP contribution in [0.2, 0.25) is 0 Å². The van der Waals surface area contributed by atoms with E-state index in [1.807, 2.05) is 0 Å². The molecule has 96 valence electrons. The van der Waals surface area contributed by atoms with Crippen molar-refractivity contribution < 1.29 is 0 Å². The van der Waals surface area contributed by atoms with Crippen molar-refractivity contribution in [2.45, 2.75) is 47.6 Å². The van der Waals surface area contributed by atoms with Crippen LogP contribution in [0.3, 0.4) is 0 Å². The van der Waals surface area contributed by atoms with Crippen molar-refractivity contribution in [2.75, 3.05) is 0 Å². The summed E-state index contributed by atoms with van der Waals surface area (Å²) in [5.41, 5.74) is 10.4. The SMILES string of the molecule is Cc1ccc(C(N)C(C(C)C)C(C)C)cc1C. The second-order valence-corrected chi connectivity index (χ2v) is 5.93. The Kier molecular flexibility index (Phi) is 4.76. The Hall–Kier alpha value is -0.820. The molecule has 0 aliphatic carbocycles. The van der Waals surface area contributed by atoms with Gasteiger partial charge < -0.3 is 5.73 Å². The maximum atomic E-state index is 6.46. The molecule has 1 unspecified atom stereocenters. The summed E-state index contributed by atoms with van der Waals surface area (Å²) in [7, 11) is 0. The lowest BCUT2D eigenvalue weighted by Crippen LogP contribution is -2.29. The van der Waals surface area contributed by atoms with Crippen LogP contribution in [-0.2, 0) is 0 Å². The highest BCUT2D eigenvalue weighted by Gasteiger charge is 2.25. The highest BCUT2D eigenvalue weighted by atomic mass is 14.7. The Morgan fingerprint density at radius 3 is 1.82 bits per heavy atom. The van der Waals surface area contributed by atoms with Crippen LogP contribution in [0.1, 0.15) is 50.4 Å². The smallest absolute Gasteiger partial charge is 0.0328 e. The maximum Gasteiger partial charge on any atom is 0.0328 e. The van der Waals surface area contributed by atoms with Gasteiger partial charge in [-0.1, -0.05) is 45.9 Å². The van der Waals surface area contributed by atoms with Crippen LogP contribution in [0.15, 0.2) is 18.2 Å². The van der Waals surface area contributed by atoms with Gasteiger partial charge in [0.25, 0.3) is 0 Å². The van der Waals surface area contributed by atoms with Crippen molar-refractivity contribution in [3.8, 4) is 0 Å². The molecule has 0 radical (unpaired) electrons. The minimum absolute atomic E-state index is 0.147. The zero-order valence-electron chi connectivity index (χ0n) is 12.1. The summed E-state index contributed by atoms with van der Waals surface area (Å²) in [6, 6.07) is 6.76. The van der Waals surface area contributed by atoms with Gasteiger partial charge in [0.05, 0.1) is 0 Å². The van der Waals surface area contributed by atoms with E-state index >= 15 is 0 Å². The fraction of sp³-hybridized carbons (Fsp3) is 0.625. The molecule has 0 saturated carbocycles. The molecule has 2 N–H and O–H groups in total. The standard InChI is InChI=1S/C16H27N/c1-10(2)15(11(3)4)16(17)14-8-7-12(5)13(6)9-14/h7-11,15-16H,17H2,1-6H3. The average Bonchev–Trinajstić information content (AvgIpc) is 2.20. The highest BCUT2D eigenvalue weighted by Crippen LogP contribution is 2.32. The van der Waals surface area contributed by atoms with Gasteiger partial charge in [-0.25, -0.2) is 0 Å². The number of nitrogens with two attached hydrogens (primary N) is 1. The Bertz CT molecular complexity index is 358. The summed E-state index contributed by atoms with van der Waals surface area (Å²) in [6.07, 6.45) is 0. The van der Waals surface area contributed by atoms with E-state index in [-0.39, 0.29) is 6.04 Å². The molecule has 0 heterocycles. The lowest BCUT2D eigenvalue weighted by atomic mass is 9.77. The predicted molar refractivity (Wildman–Crippen MR) is 76.0 cm³/mol. The van der Waals surface area contributed by atoms with Crippen molar-refractivity contribution in [1.82, 2.24) is 0 Å². The monoisotopic (exact) mass is 233 g/mol. The summed E-state index contributed by atoms with van der Waals surface area (Å²) in [5, 5.41) is 0. The first-order valence-electron chi connectivity index (χ1n) is 6.67. The molecule has 0 saturated heterocycles. The first-order valence-corrected chi connectivity index (χ1v) is 6.67. The van der Waals surface area contributed by atoms with Gasteiger partial charge in [0.15, 0.2) is 0 Å². The van der Waals surface area contributed by atoms with E-state index in [4.69, 9.17) is 5.73 Å². The summed E-state index contributed by atoms with van der Waals surface area (Å²) < 4.78 is 0. The molecule has 0 aliphatic rings. The van der Waals surface area contributed by atoms with Crippen LogP contribution >= 0.6 is 0 Å². The normalized spacial score (nSPS) is 13.8. The van der Waals surface area contributed by atoms with Crippen LogP contribution in [0.4, 0.5) is 0 Å². The van der Waals surface area contributed by atoms with Gasteiger partial charge in [0.2, 0.25) is 0 Å². The summed E-state index contributed by atoms with van der Waals surface area (Å²) in [4.78, 5) is 0. The fourth-order valence-corrected chi connectivity index (χ4v) is 2.79. The predicted octanol–water partition coefficient (Wildman–Crippen LogP) is 4.23. The third kappa shape index (κ3) is 3.32. The number of benzene rings is 1. The van der Waals surface area contributed by atoms with Crippen molar-refractivity contribution >= 4 is 0 Å². The maximum absolute atomic E-state index is 6.46. The third-order valence-electron chi connectivity index (χ3n) is 3.87. The summed E-state index contributed by atoms with van der Waals surface area (Å²) in [6.45, 7) is 13.4. The lowest BCUT2D eigenvalue weighted by molar-refractivity contribution is 0.240. The van der Waals surface area contributed by atoms with E-state index in [1.54, 1.807) is 0 Å². The van der Waals surface area contributed by atoms with Gasteiger partial charge in [0.1, 0.15) is 0 Å². The molecule has 0 fully saturated rings. The van der Waals surface area contributed by atoms with Gasteiger partial charge in [-0.05, 0) is 48.3 Å². The average molecular weight is 233 g/mol. The number of aryl methyl sites for hydroxylation is 2. The summed E-state index contributed by atoms with van der Waals surface area (Å²) >= 11 is 0. The number of hydrogen-bond donors (Lipinski definition) is 1. The molecule has 1 rings (SSSR count). The van der Waals surface area contributed by atoms with E-state index in [2.05, 4.69) is 59.7 Å². The zero-order valence-corrected chi connectivity index (χ0v) is 12.1. The fourth-order valence-electron chi connectivity index (χ4n) is 2.79. The minimum atomic E-state index is 0.147. The molecule has 0 spiro atoms. The minimum Gasteiger partial charge on any atom is -0.324 e. The lowest BCUT2D eigenvalue weighted by Gasteiger charge is -2.31. The van der Waals surface area contributed by atoms with E-state index < -0.39 is 0 Å². The molecule has 0 amide bonds. The topological polar surface area (TPSA) is 26.0 Å². The van der Waals surface area contributed by atoms with E-state index in [0.717, 1.165) is 0 Å². The molecular weight excluding hydrogens is 206 g/mol. The number of hydrogen-bond acceptors (Lipinski definition) is 1. The molecule has 1 aromatic rings. The molecule has 17 heavy (non-hydrogen) atoms. The Morgan fingerprint density at radius 2 is 1.41 bits per heavy atom. The third-order valence-corrected chi connectivity index (χ3v) is 3.87. The van der Waals surface area contributed by atoms with Gasteiger partial charge in [-0.2, -0.15) is 0 Å². The molecule has 0 aromatic heterocycles. The molecular formula is C16H27N. The van der Waals surface area contributed by atoms with Crippen molar-refractivity contribution in [3.63, 3.8) is 0 Å². The first-order chi connectivity index (χ1) is 7.84. The highest BCUT2D eigenvalue weighted by molar-refractivity contribution is 5.32. The second kappa shape index (κ2) is 5.68. The van der Waals surface area contributed by atoms with Crippen LogP contribution in [0.25, 0.3) is 0 Å². The second-order valence-electron chi connectivity index (χ2n) is 5.93. The number of rotatable bonds is 4. The van der Waals surface area contributed by atoms with Crippen LogP contribution in [0, 0.1) is 31.6 Å². The quantitative estimate of drug-likeness (QED) is 0.827. The zero-order chi connectivity index (χ0) is 13.2. The molecule has 0 bridgehead atoms. The Labute approximate surface area is 106 Å². The van der Waals surface area contributed by atoms with Crippen LogP contribution < -0.4 is 5.73 Å². The van der Waals surface area contributed by atoms with Gasteiger partial charge in [-0.3, -0.25) is 0 Å². The van der Waals surface area contributed by atoms with Gasteiger partial charge in [0, 0.05) is 6.04 Å². The molecule has 1 heteroatoms. The van der Waals surface area contributed by atoms with Crippen molar-refractivity contribution in [1.29, 1.82) is 0 Å².